The minimum absolute atomic E-state index is 0.545. The molecule has 0 saturated heterocycles. The van der Waals surface area contributed by atoms with E-state index in [-0.39, 0.29) is 0 Å². The van der Waals surface area contributed by atoms with Crippen LogP contribution in [0.3, 0.4) is 0 Å². The zero-order valence-electron chi connectivity index (χ0n) is 25.0. The SMILES string of the molecule is CN1CN(c2cccc(C3(c4cccc(N5CN(C)c6nccnc65)c4)c4ccccc4-c4ccccc43)c2)c2ncncc21. The number of hydrogen-bond acceptors (Lipinski definition) is 8. The smallest absolute Gasteiger partial charge is 0.178 e. The molecule has 8 nitrogen and oxygen atoms in total. The van der Waals surface area contributed by atoms with E-state index in [4.69, 9.17) is 4.98 Å². The average Bonchev–Trinajstić information content (AvgIpc) is 3.73. The molecule has 0 bridgehead atoms. The minimum atomic E-state index is -0.545. The van der Waals surface area contributed by atoms with Gasteiger partial charge in [0.25, 0.3) is 0 Å². The Morgan fingerprint density at radius 2 is 1.16 bits per heavy atom. The van der Waals surface area contributed by atoms with E-state index < -0.39 is 5.41 Å². The molecule has 0 spiro atoms. The van der Waals surface area contributed by atoms with Crippen LogP contribution < -0.4 is 19.6 Å². The molecule has 45 heavy (non-hydrogen) atoms. The lowest BCUT2D eigenvalue weighted by Crippen LogP contribution is -2.30. The van der Waals surface area contributed by atoms with Crippen LogP contribution in [-0.2, 0) is 5.41 Å². The molecule has 2 aliphatic heterocycles. The summed E-state index contributed by atoms with van der Waals surface area (Å²) in [5.41, 5.74) is 10.2. The van der Waals surface area contributed by atoms with Crippen molar-refractivity contribution in [2.24, 2.45) is 0 Å². The third-order valence-electron chi connectivity index (χ3n) is 9.46. The summed E-state index contributed by atoms with van der Waals surface area (Å²) in [6.45, 7) is 1.39. The predicted octanol–water partition coefficient (Wildman–Crippen LogP) is 6.72. The largest absolute Gasteiger partial charge is 0.352 e. The first-order chi connectivity index (χ1) is 22.1. The molecule has 0 amide bonds. The second kappa shape index (κ2) is 9.62. The summed E-state index contributed by atoms with van der Waals surface area (Å²) in [5, 5.41) is 0. The predicted molar refractivity (Wildman–Crippen MR) is 179 cm³/mol. The molecule has 0 atom stereocenters. The Balaban J connectivity index is 1.28. The Hall–Kier alpha value is -5.76. The number of rotatable bonds is 4. The van der Waals surface area contributed by atoms with E-state index in [0.717, 1.165) is 34.5 Å². The normalized spacial score (nSPS) is 15.6. The van der Waals surface area contributed by atoms with Crippen molar-refractivity contribution in [2.45, 2.75) is 5.41 Å². The van der Waals surface area contributed by atoms with Crippen molar-refractivity contribution < 1.29 is 0 Å². The molecule has 0 fully saturated rings. The second-order valence-corrected chi connectivity index (χ2v) is 11.9. The summed E-state index contributed by atoms with van der Waals surface area (Å²) in [5.74, 6) is 2.69. The summed E-state index contributed by atoms with van der Waals surface area (Å²) in [6, 6.07) is 35.7. The topological polar surface area (TPSA) is 64.5 Å². The second-order valence-electron chi connectivity index (χ2n) is 11.9. The van der Waals surface area contributed by atoms with Crippen molar-refractivity contribution in [3.8, 4) is 11.1 Å². The number of aromatic nitrogens is 4. The highest BCUT2D eigenvalue weighted by molar-refractivity contribution is 5.88. The Morgan fingerprint density at radius 1 is 0.578 bits per heavy atom. The zero-order chi connectivity index (χ0) is 30.1. The number of nitrogens with zero attached hydrogens (tertiary/aromatic N) is 8. The molecule has 0 unspecified atom stereocenters. The fourth-order valence-corrected chi connectivity index (χ4v) is 7.52. The number of fused-ring (bicyclic) bond motifs is 5. The van der Waals surface area contributed by atoms with Crippen molar-refractivity contribution in [3.05, 3.63) is 144 Å². The van der Waals surface area contributed by atoms with Crippen LogP contribution >= 0.6 is 0 Å². The van der Waals surface area contributed by atoms with Gasteiger partial charge in [-0.3, -0.25) is 0 Å². The molecule has 2 aromatic heterocycles. The number of hydrogen-bond donors (Lipinski definition) is 0. The first-order valence-electron chi connectivity index (χ1n) is 15.1. The van der Waals surface area contributed by atoms with Crippen LogP contribution in [0.2, 0.25) is 0 Å². The Morgan fingerprint density at radius 3 is 1.82 bits per heavy atom. The van der Waals surface area contributed by atoms with Gasteiger partial charge in [-0.1, -0.05) is 72.8 Å². The van der Waals surface area contributed by atoms with Crippen molar-refractivity contribution in [3.63, 3.8) is 0 Å². The van der Waals surface area contributed by atoms with Crippen LogP contribution in [0.15, 0.2) is 122 Å². The van der Waals surface area contributed by atoms with Crippen LogP contribution in [0.25, 0.3) is 11.1 Å². The van der Waals surface area contributed by atoms with Gasteiger partial charge in [0.1, 0.15) is 12.0 Å². The third kappa shape index (κ3) is 3.59. The molecule has 8 heteroatoms. The van der Waals surface area contributed by atoms with Crippen LogP contribution in [-0.4, -0.2) is 47.4 Å². The van der Waals surface area contributed by atoms with Crippen LogP contribution in [0, 0.1) is 0 Å². The molecule has 4 heterocycles. The molecular weight excluding hydrogens is 556 g/mol. The van der Waals surface area contributed by atoms with Crippen molar-refractivity contribution in [1.82, 2.24) is 19.9 Å². The highest BCUT2D eigenvalue weighted by Crippen LogP contribution is 2.57. The van der Waals surface area contributed by atoms with Crippen molar-refractivity contribution in [2.75, 3.05) is 47.0 Å². The van der Waals surface area contributed by atoms with E-state index in [9.17, 15) is 0 Å². The number of anilines is 6. The summed E-state index contributed by atoms with van der Waals surface area (Å²) >= 11 is 0. The van der Waals surface area contributed by atoms with E-state index in [0.29, 0.717) is 13.3 Å². The molecule has 6 aromatic rings. The maximum Gasteiger partial charge on any atom is 0.178 e. The van der Waals surface area contributed by atoms with E-state index in [1.54, 1.807) is 18.7 Å². The number of benzene rings is 4. The highest BCUT2D eigenvalue weighted by Gasteiger charge is 2.46. The van der Waals surface area contributed by atoms with Gasteiger partial charge in [-0.25, -0.2) is 19.9 Å². The summed E-state index contributed by atoms with van der Waals surface area (Å²) in [7, 11) is 4.15. The molecule has 1 aliphatic carbocycles. The maximum absolute atomic E-state index is 4.72. The fourth-order valence-electron chi connectivity index (χ4n) is 7.52. The fraction of sp³-hybridized carbons (Fsp3) is 0.135. The van der Waals surface area contributed by atoms with Crippen LogP contribution in [0.1, 0.15) is 22.3 Å². The van der Waals surface area contributed by atoms with Gasteiger partial charge in [0, 0.05) is 37.9 Å². The van der Waals surface area contributed by atoms with Gasteiger partial charge in [0.05, 0.1) is 24.9 Å². The van der Waals surface area contributed by atoms with Gasteiger partial charge in [-0.2, -0.15) is 0 Å². The Bertz CT molecular complexity index is 1960. The van der Waals surface area contributed by atoms with E-state index in [2.05, 4.69) is 146 Å². The standard InChI is InChI=1S/C37H30N8/c1-42-23-44(34-33(42)21-38-22-41-34)27-11-7-9-25(19-27)37(31-15-5-3-13-29(31)30-14-4-6-16-32(30)37)26-10-8-12-28(20-26)45-24-43(2)35-36(45)40-18-17-39-35/h3-22H,23-24H2,1-2H3. The lowest BCUT2D eigenvalue weighted by molar-refractivity contribution is 0.766. The van der Waals surface area contributed by atoms with E-state index >= 15 is 0 Å². The third-order valence-corrected chi connectivity index (χ3v) is 9.46. The molecule has 9 rings (SSSR count). The molecular formula is C37H30N8. The summed E-state index contributed by atoms with van der Waals surface area (Å²) < 4.78 is 0. The van der Waals surface area contributed by atoms with Gasteiger partial charge in [0.2, 0.25) is 0 Å². The molecule has 0 N–H and O–H groups in total. The minimum Gasteiger partial charge on any atom is -0.352 e. The maximum atomic E-state index is 4.72. The average molecular weight is 587 g/mol. The van der Waals surface area contributed by atoms with Crippen molar-refractivity contribution in [1.29, 1.82) is 0 Å². The quantitative estimate of drug-likeness (QED) is 0.225. The van der Waals surface area contributed by atoms with Crippen molar-refractivity contribution >= 4 is 34.5 Å². The molecule has 0 radical (unpaired) electrons. The lowest BCUT2D eigenvalue weighted by atomic mass is 9.67. The zero-order valence-corrected chi connectivity index (χ0v) is 25.0. The molecule has 4 aromatic carbocycles. The van der Waals surface area contributed by atoms with Gasteiger partial charge in [0.15, 0.2) is 17.5 Å². The molecule has 218 valence electrons. The van der Waals surface area contributed by atoms with Gasteiger partial charge in [-0.05, 0) is 57.6 Å². The first kappa shape index (κ1) is 25.7. The summed E-state index contributed by atoms with van der Waals surface area (Å²) in [6.07, 6.45) is 7.04. The van der Waals surface area contributed by atoms with Crippen LogP contribution in [0.5, 0.6) is 0 Å². The van der Waals surface area contributed by atoms with Gasteiger partial charge in [-0.15, -0.1) is 0 Å². The van der Waals surface area contributed by atoms with Gasteiger partial charge < -0.3 is 19.6 Å². The Kier molecular flexibility index (Phi) is 5.50. The van der Waals surface area contributed by atoms with E-state index in [1.165, 1.54) is 33.4 Å². The highest BCUT2D eigenvalue weighted by atomic mass is 15.4. The van der Waals surface area contributed by atoms with E-state index in [1.807, 2.05) is 6.20 Å². The molecule has 0 saturated carbocycles. The van der Waals surface area contributed by atoms with Gasteiger partial charge >= 0.3 is 0 Å². The summed E-state index contributed by atoms with van der Waals surface area (Å²) in [4.78, 5) is 27.1. The monoisotopic (exact) mass is 586 g/mol. The lowest BCUT2D eigenvalue weighted by Gasteiger charge is -2.35. The Labute approximate surface area is 261 Å². The van der Waals surface area contributed by atoms with Crippen LogP contribution in [0.4, 0.5) is 34.5 Å². The molecule has 3 aliphatic rings. The first-order valence-corrected chi connectivity index (χ1v) is 15.1.